The Hall–Kier alpha value is -0.810. The predicted octanol–water partition coefficient (Wildman–Crippen LogP) is 2.11. The van der Waals surface area contributed by atoms with Crippen LogP contribution in [0.4, 0.5) is 4.79 Å². The third-order valence-electron chi connectivity index (χ3n) is 3.96. The normalized spacial score (nSPS) is 27.8. The first-order valence-electron chi connectivity index (χ1n) is 7.65. The maximum absolute atomic E-state index is 12.1. The number of amides is 1. The topological polar surface area (TPSA) is 42.0 Å². The molecule has 0 bridgehead atoms. The lowest BCUT2D eigenvalue weighted by Gasteiger charge is -2.29. The van der Waals surface area contributed by atoms with E-state index in [-0.39, 0.29) is 12.1 Å². The summed E-state index contributed by atoms with van der Waals surface area (Å²) in [4.78, 5) is 16.2. The highest BCUT2D eigenvalue weighted by Crippen LogP contribution is 2.20. The van der Waals surface area contributed by atoms with Crippen LogP contribution in [-0.4, -0.2) is 66.9 Å². The molecule has 2 atom stereocenters. The largest absolute Gasteiger partial charge is 0.444 e. The number of likely N-dealkylation sites (tertiary alicyclic amines) is 1. The molecular weight excluding hydrogens is 256 g/mol. The van der Waals surface area contributed by atoms with Crippen molar-refractivity contribution in [2.75, 3.05) is 33.3 Å². The van der Waals surface area contributed by atoms with Gasteiger partial charge in [-0.3, -0.25) is 4.90 Å². The van der Waals surface area contributed by atoms with Crippen LogP contribution in [0.2, 0.25) is 0 Å². The molecule has 0 unspecified atom stereocenters. The van der Waals surface area contributed by atoms with Crippen LogP contribution in [-0.2, 0) is 9.47 Å². The summed E-state index contributed by atoms with van der Waals surface area (Å²) < 4.78 is 11.1. The number of nitrogens with zero attached hydrogens (tertiary/aromatic N) is 2. The molecule has 2 fully saturated rings. The lowest BCUT2D eigenvalue weighted by Crippen LogP contribution is -2.42. The van der Waals surface area contributed by atoms with E-state index in [1.54, 1.807) is 4.90 Å². The number of hydrogen-bond donors (Lipinski definition) is 0. The fourth-order valence-corrected chi connectivity index (χ4v) is 2.85. The Morgan fingerprint density at radius 2 is 2.15 bits per heavy atom. The number of rotatable bonds is 3. The molecule has 0 aliphatic carbocycles. The number of carbonyl (C=O) groups is 1. The average molecular weight is 284 g/mol. The highest BCUT2D eigenvalue weighted by molar-refractivity contribution is 5.68. The van der Waals surface area contributed by atoms with Crippen molar-refractivity contribution in [1.29, 1.82) is 0 Å². The van der Waals surface area contributed by atoms with E-state index in [1.807, 2.05) is 27.8 Å². The molecule has 5 heteroatoms. The van der Waals surface area contributed by atoms with Gasteiger partial charge in [0.1, 0.15) is 5.60 Å². The van der Waals surface area contributed by atoms with Crippen molar-refractivity contribution < 1.29 is 14.3 Å². The van der Waals surface area contributed by atoms with Gasteiger partial charge < -0.3 is 14.4 Å². The molecule has 0 spiro atoms. The first-order chi connectivity index (χ1) is 9.35. The standard InChI is InChI=1S/C15H28N2O3/c1-15(2,3)20-14(18)16(4)12-7-8-17(10-12)11-13-6-5-9-19-13/h12-13H,5-11H2,1-4H3/t12-,13-/m0/s1. The van der Waals surface area contributed by atoms with Crippen LogP contribution >= 0.6 is 0 Å². The third kappa shape index (κ3) is 4.35. The summed E-state index contributed by atoms with van der Waals surface area (Å²) >= 11 is 0. The van der Waals surface area contributed by atoms with Crippen molar-refractivity contribution >= 4 is 6.09 Å². The summed E-state index contributed by atoms with van der Waals surface area (Å²) in [6.45, 7) is 9.57. The van der Waals surface area contributed by atoms with Gasteiger partial charge in [0.2, 0.25) is 0 Å². The molecular formula is C15H28N2O3. The molecule has 0 radical (unpaired) electrons. The molecule has 2 aliphatic rings. The van der Waals surface area contributed by atoms with Gasteiger partial charge in [-0.2, -0.15) is 0 Å². The van der Waals surface area contributed by atoms with Crippen molar-refractivity contribution in [2.24, 2.45) is 0 Å². The van der Waals surface area contributed by atoms with Crippen LogP contribution in [0.15, 0.2) is 0 Å². The zero-order valence-corrected chi connectivity index (χ0v) is 13.2. The molecule has 0 N–H and O–H groups in total. The van der Waals surface area contributed by atoms with Gasteiger partial charge in [0.05, 0.1) is 6.10 Å². The highest BCUT2D eigenvalue weighted by Gasteiger charge is 2.32. The Morgan fingerprint density at radius 1 is 1.40 bits per heavy atom. The van der Waals surface area contributed by atoms with Crippen LogP contribution in [0.25, 0.3) is 0 Å². The van der Waals surface area contributed by atoms with Crippen molar-refractivity contribution in [2.45, 2.75) is 57.8 Å². The fourth-order valence-electron chi connectivity index (χ4n) is 2.85. The number of ether oxygens (including phenoxy) is 2. The predicted molar refractivity (Wildman–Crippen MR) is 77.8 cm³/mol. The molecule has 1 amide bonds. The lowest BCUT2D eigenvalue weighted by atomic mass is 10.2. The van der Waals surface area contributed by atoms with Gasteiger partial charge in [-0.25, -0.2) is 4.79 Å². The second-order valence-electron chi connectivity index (χ2n) is 6.93. The second kappa shape index (κ2) is 6.31. The smallest absolute Gasteiger partial charge is 0.410 e. The average Bonchev–Trinajstić information content (AvgIpc) is 2.97. The molecule has 2 saturated heterocycles. The molecule has 0 aromatic rings. The number of carbonyl (C=O) groups excluding carboxylic acids is 1. The van der Waals surface area contributed by atoms with E-state index in [1.165, 1.54) is 12.8 Å². The number of likely N-dealkylation sites (N-methyl/N-ethyl adjacent to an activating group) is 1. The molecule has 2 aliphatic heterocycles. The minimum atomic E-state index is -0.429. The molecule has 0 aromatic heterocycles. The molecule has 0 saturated carbocycles. The van der Waals surface area contributed by atoms with E-state index in [2.05, 4.69) is 4.90 Å². The fraction of sp³-hybridized carbons (Fsp3) is 0.933. The minimum absolute atomic E-state index is 0.221. The van der Waals surface area contributed by atoms with E-state index < -0.39 is 5.60 Å². The van der Waals surface area contributed by atoms with Crippen molar-refractivity contribution in [3.63, 3.8) is 0 Å². The summed E-state index contributed by atoms with van der Waals surface area (Å²) in [5, 5.41) is 0. The van der Waals surface area contributed by atoms with Crippen LogP contribution in [0, 0.1) is 0 Å². The maximum atomic E-state index is 12.1. The Labute approximate surface area is 122 Å². The van der Waals surface area contributed by atoms with Crippen LogP contribution < -0.4 is 0 Å². The number of hydrogen-bond acceptors (Lipinski definition) is 4. The third-order valence-corrected chi connectivity index (χ3v) is 3.96. The molecule has 5 nitrogen and oxygen atoms in total. The second-order valence-corrected chi connectivity index (χ2v) is 6.93. The summed E-state index contributed by atoms with van der Waals surface area (Å²) in [6.07, 6.45) is 3.53. The molecule has 0 aromatic carbocycles. The Balaban J connectivity index is 1.77. The van der Waals surface area contributed by atoms with Crippen molar-refractivity contribution in [3.05, 3.63) is 0 Å². The Kier molecular flexibility index (Phi) is 4.91. The quantitative estimate of drug-likeness (QED) is 0.796. The van der Waals surface area contributed by atoms with Crippen molar-refractivity contribution in [1.82, 2.24) is 9.80 Å². The van der Waals surface area contributed by atoms with Gasteiger partial charge >= 0.3 is 6.09 Å². The van der Waals surface area contributed by atoms with Gasteiger partial charge in [0.25, 0.3) is 0 Å². The summed E-state index contributed by atoms with van der Waals surface area (Å²) in [5.41, 5.74) is -0.429. The first-order valence-corrected chi connectivity index (χ1v) is 7.65. The zero-order chi connectivity index (χ0) is 14.8. The van der Waals surface area contributed by atoms with Crippen LogP contribution in [0.1, 0.15) is 40.0 Å². The summed E-state index contributed by atoms with van der Waals surface area (Å²) in [7, 11) is 1.84. The van der Waals surface area contributed by atoms with Gasteiger partial charge in [-0.05, 0) is 40.0 Å². The molecule has 2 rings (SSSR count). The van der Waals surface area contributed by atoms with E-state index in [0.29, 0.717) is 6.10 Å². The van der Waals surface area contributed by atoms with Gasteiger partial charge in [-0.1, -0.05) is 0 Å². The minimum Gasteiger partial charge on any atom is -0.444 e. The van der Waals surface area contributed by atoms with E-state index >= 15 is 0 Å². The maximum Gasteiger partial charge on any atom is 0.410 e. The zero-order valence-electron chi connectivity index (χ0n) is 13.2. The summed E-state index contributed by atoms with van der Waals surface area (Å²) in [6, 6.07) is 0.256. The molecule has 2 heterocycles. The van der Waals surface area contributed by atoms with Gasteiger partial charge in [0.15, 0.2) is 0 Å². The van der Waals surface area contributed by atoms with Crippen LogP contribution in [0.3, 0.4) is 0 Å². The van der Waals surface area contributed by atoms with Gasteiger partial charge in [0, 0.05) is 39.3 Å². The Bertz CT molecular complexity index is 335. The van der Waals surface area contributed by atoms with Crippen LogP contribution in [0.5, 0.6) is 0 Å². The SMILES string of the molecule is CN(C(=O)OC(C)(C)C)[C@H]1CCN(C[C@@H]2CCCO2)C1. The van der Waals surface area contributed by atoms with E-state index in [9.17, 15) is 4.79 Å². The monoisotopic (exact) mass is 284 g/mol. The molecule has 20 heavy (non-hydrogen) atoms. The lowest BCUT2D eigenvalue weighted by molar-refractivity contribution is 0.0222. The van der Waals surface area contributed by atoms with Gasteiger partial charge in [-0.15, -0.1) is 0 Å². The first kappa shape index (κ1) is 15.6. The van der Waals surface area contributed by atoms with Crippen molar-refractivity contribution in [3.8, 4) is 0 Å². The highest BCUT2D eigenvalue weighted by atomic mass is 16.6. The van der Waals surface area contributed by atoms with E-state index in [4.69, 9.17) is 9.47 Å². The molecule has 116 valence electrons. The Morgan fingerprint density at radius 3 is 2.75 bits per heavy atom. The summed E-state index contributed by atoms with van der Waals surface area (Å²) in [5.74, 6) is 0. The van der Waals surface area contributed by atoms with E-state index in [0.717, 1.165) is 32.7 Å².